The molecule has 0 saturated heterocycles. The number of hydrogen-bond acceptors (Lipinski definition) is 4. The second kappa shape index (κ2) is 5.79. The number of non-ortho nitro benzene ring substituents is 1. The number of rotatable bonds is 4. The van der Waals surface area contributed by atoms with E-state index in [1.807, 2.05) is 19.1 Å². The van der Waals surface area contributed by atoms with Crippen LogP contribution in [-0.2, 0) is 6.61 Å². The Morgan fingerprint density at radius 3 is 2.89 bits per heavy atom. The van der Waals surface area contributed by atoms with Crippen LogP contribution in [0.15, 0.2) is 41.0 Å². The lowest BCUT2D eigenvalue weighted by Gasteiger charge is -2.09. The average molecular weight is 323 g/mol. The van der Waals surface area contributed by atoms with Crippen molar-refractivity contribution in [2.75, 3.05) is 0 Å². The molecule has 0 saturated carbocycles. The average Bonchev–Trinajstić information content (AvgIpc) is 2.39. The van der Waals surface area contributed by atoms with Crippen molar-refractivity contribution in [2.24, 2.45) is 0 Å². The summed E-state index contributed by atoms with van der Waals surface area (Å²) in [6.45, 7) is 2.21. The molecule has 1 aromatic heterocycles. The zero-order chi connectivity index (χ0) is 13.8. The summed E-state index contributed by atoms with van der Waals surface area (Å²) < 4.78 is 6.25. The Bertz CT molecular complexity index is 617. The van der Waals surface area contributed by atoms with Crippen LogP contribution in [0, 0.1) is 17.0 Å². The van der Waals surface area contributed by atoms with E-state index in [1.54, 1.807) is 12.3 Å². The molecule has 2 rings (SSSR count). The van der Waals surface area contributed by atoms with E-state index >= 15 is 0 Å². The molecule has 19 heavy (non-hydrogen) atoms. The minimum absolute atomic E-state index is 0.00376. The van der Waals surface area contributed by atoms with Gasteiger partial charge in [0, 0.05) is 12.3 Å². The van der Waals surface area contributed by atoms with Gasteiger partial charge in [-0.25, -0.2) is 0 Å². The van der Waals surface area contributed by atoms with E-state index in [0.29, 0.717) is 10.2 Å². The molecular weight excluding hydrogens is 312 g/mol. The van der Waals surface area contributed by atoms with E-state index in [1.165, 1.54) is 12.1 Å². The van der Waals surface area contributed by atoms with E-state index in [9.17, 15) is 10.1 Å². The van der Waals surface area contributed by atoms with E-state index in [2.05, 4.69) is 20.9 Å². The summed E-state index contributed by atoms with van der Waals surface area (Å²) in [7, 11) is 0. The Balaban J connectivity index is 2.17. The third kappa shape index (κ3) is 3.29. The number of nitro groups is 1. The van der Waals surface area contributed by atoms with Crippen LogP contribution in [0.3, 0.4) is 0 Å². The molecule has 0 bridgehead atoms. The first-order valence-corrected chi connectivity index (χ1v) is 6.34. The summed E-state index contributed by atoms with van der Waals surface area (Å²) in [4.78, 5) is 14.5. The van der Waals surface area contributed by atoms with Crippen LogP contribution < -0.4 is 4.74 Å². The minimum atomic E-state index is -0.453. The van der Waals surface area contributed by atoms with Gasteiger partial charge >= 0.3 is 0 Å². The van der Waals surface area contributed by atoms with Crippen LogP contribution in [0.4, 0.5) is 5.69 Å². The predicted molar refractivity (Wildman–Crippen MR) is 74.1 cm³/mol. The van der Waals surface area contributed by atoms with E-state index < -0.39 is 4.92 Å². The lowest BCUT2D eigenvalue weighted by Crippen LogP contribution is -2.01. The largest absolute Gasteiger partial charge is 0.486 e. The Morgan fingerprint density at radius 2 is 2.21 bits per heavy atom. The maximum Gasteiger partial charge on any atom is 0.273 e. The van der Waals surface area contributed by atoms with Crippen LogP contribution in [0.5, 0.6) is 5.75 Å². The normalized spacial score (nSPS) is 10.2. The zero-order valence-corrected chi connectivity index (χ0v) is 11.8. The molecule has 0 aliphatic heterocycles. The number of nitro benzene ring substituents is 1. The first kappa shape index (κ1) is 13.5. The quantitative estimate of drug-likeness (QED) is 0.636. The summed E-state index contributed by atoms with van der Waals surface area (Å²) in [5.41, 5.74) is 1.82. The fourth-order valence-electron chi connectivity index (χ4n) is 1.53. The van der Waals surface area contributed by atoms with E-state index in [0.717, 1.165) is 11.3 Å². The molecule has 0 N–H and O–H groups in total. The molecule has 0 fully saturated rings. The minimum Gasteiger partial charge on any atom is -0.486 e. The Hall–Kier alpha value is -1.95. The maximum absolute atomic E-state index is 10.7. The SMILES string of the molecule is Cc1cccnc1COc1cc([N+](=O)[O-])ccc1Br. The molecule has 1 heterocycles. The molecule has 2 aromatic rings. The van der Waals surface area contributed by atoms with Crippen molar-refractivity contribution in [3.63, 3.8) is 0 Å². The standard InChI is InChI=1S/C13H11BrN2O3/c1-9-3-2-6-15-12(9)8-19-13-7-10(16(17)18)4-5-11(13)14/h2-7H,8H2,1H3. The van der Waals surface area contributed by atoms with Gasteiger partial charge in [-0.05, 0) is 40.5 Å². The topological polar surface area (TPSA) is 65.3 Å². The molecule has 0 amide bonds. The lowest BCUT2D eigenvalue weighted by molar-refractivity contribution is -0.385. The molecule has 0 radical (unpaired) electrons. The molecule has 5 nitrogen and oxygen atoms in total. The highest BCUT2D eigenvalue weighted by molar-refractivity contribution is 9.10. The van der Waals surface area contributed by atoms with E-state index in [-0.39, 0.29) is 12.3 Å². The van der Waals surface area contributed by atoms with Gasteiger partial charge in [0.15, 0.2) is 0 Å². The number of aryl methyl sites for hydroxylation is 1. The third-order valence-corrected chi connectivity index (χ3v) is 3.26. The van der Waals surface area contributed by atoms with Gasteiger partial charge in [0.05, 0.1) is 21.2 Å². The van der Waals surface area contributed by atoms with Crippen molar-refractivity contribution in [1.29, 1.82) is 0 Å². The number of hydrogen-bond donors (Lipinski definition) is 0. The van der Waals surface area contributed by atoms with Crippen molar-refractivity contribution in [3.8, 4) is 5.75 Å². The third-order valence-electron chi connectivity index (χ3n) is 2.61. The zero-order valence-electron chi connectivity index (χ0n) is 10.2. The Kier molecular flexibility index (Phi) is 4.11. The summed E-state index contributed by atoms with van der Waals surface area (Å²) in [5, 5.41) is 10.7. The predicted octanol–water partition coefficient (Wildman–Crippen LogP) is 3.64. The monoisotopic (exact) mass is 322 g/mol. The van der Waals surface area contributed by atoms with Gasteiger partial charge in [0.2, 0.25) is 0 Å². The van der Waals surface area contributed by atoms with Gasteiger partial charge in [0.1, 0.15) is 12.4 Å². The highest BCUT2D eigenvalue weighted by Crippen LogP contribution is 2.29. The second-order valence-corrected chi connectivity index (χ2v) is 4.78. The number of nitrogens with zero attached hydrogens (tertiary/aromatic N) is 2. The molecule has 0 unspecified atom stereocenters. The van der Waals surface area contributed by atoms with Crippen LogP contribution in [0.25, 0.3) is 0 Å². The number of benzene rings is 1. The molecule has 6 heteroatoms. The van der Waals surface area contributed by atoms with Crippen LogP contribution >= 0.6 is 15.9 Å². The lowest BCUT2D eigenvalue weighted by atomic mass is 10.2. The van der Waals surface area contributed by atoms with Crippen molar-refractivity contribution in [1.82, 2.24) is 4.98 Å². The van der Waals surface area contributed by atoms with Gasteiger partial charge in [-0.1, -0.05) is 6.07 Å². The summed E-state index contributed by atoms with van der Waals surface area (Å²) in [5.74, 6) is 0.430. The summed E-state index contributed by atoms with van der Waals surface area (Å²) >= 11 is 3.30. The highest BCUT2D eigenvalue weighted by atomic mass is 79.9. The summed E-state index contributed by atoms with van der Waals surface area (Å²) in [6.07, 6.45) is 1.69. The Morgan fingerprint density at radius 1 is 1.42 bits per heavy atom. The molecule has 0 spiro atoms. The maximum atomic E-state index is 10.7. The van der Waals surface area contributed by atoms with Crippen molar-refractivity contribution in [2.45, 2.75) is 13.5 Å². The van der Waals surface area contributed by atoms with Crippen LogP contribution in [0.2, 0.25) is 0 Å². The van der Waals surface area contributed by atoms with Crippen molar-refractivity contribution < 1.29 is 9.66 Å². The molecule has 0 aliphatic rings. The fourth-order valence-corrected chi connectivity index (χ4v) is 1.89. The van der Waals surface area contributed by atoms with Gasteiger partial charge in [-0.2, -0.15) is 0 Å². The van der Waals surface area contributed by atoms with Crippen LogP contribution in [-0.4, -0.2) is 9.91 Å². The van der Waals surface area contributed by atoms with Gasteiger partial charge in [-0.15, -0.1) is 0 Å². The number of aromatic nitrogens is 1. The molecule has 1 aromatic carbocycles. The van der Waals surface area contributed by atoms with Crippen molar-refractivity contribution >= 4 is 21.6 Å². The molecule has 0 aliphatic carbocycles. The smallest absolute Gasteiger partial charge is 0.273 e. The molecular formula is C13H11BrN2O3. The number of ether oxygens (including phenoxy) is 1. The highest BCUT2D eigenvalue weighted by Gasteiger charge is 2.11. The van der Waals surface area contributed by atoms with E-state index in [4.69, 9.17) is 4.74 Å². The first-order valence-electron chi connectivity index (χ1n) is 5.55. The van der Waals surface area contributed by atoms with Crippen molar-refractivity contribution in [3.05, 3.63) is 62.4 Å². The van der Waals surface area contributed by atoms with Crippen LogP contribution in [0.1, 0.15) is 11.3 Å². The first-order chi connectivity index (χ1) is 9.08. The number of halogens is 1. The molecule has 0 atom stereocenters. The van der Waals surface area contributed by atoms with Gasteiger partial charge in [0.25, 0.3) is 5.69 Å². The Labute approximate surface area is 118 Å². The summed E-state index contributed by atoms with van der Waals surface area (Å²) in [6, 6.07) is 8.19. The second-order valence-electron chi connectivity index (χ2n) is 3.93. The fraction of sp³-hybridized carbons (Fsp3) is 0.154. The molecule has 98 valence electrons. The number of pyridine rings is 1. The van der Waals surface area contributed by atoms with Gasteiger partial charge in [-0.3, -0.25) is 15.1 Å². The van der Waals surface area contributed by atoms with Gasteiger partial charge < -0.3 is 4.74 Å².